The first-order valence-corrected chi connectivity index (χ1v) is 6.88. The predicted molar refractivity (Wildman–Crippen MR) is 77.1 cm³/mol. The first-order chi connectivity index (χ1) is 10.8. The molecule has 0 radical (unpaired) electrons. The Hall–Kier alpha value is -2.70. The molecule has 0 aliphatic heterocycles. The minimum absolute atomic E-state index is 0.139. The molecule has 0 fully saturated rings. The molecule has 23 heavy (non-hydrogen) atoms. The first kappa shape index (κ1) is 16.7. The average molecular weight is 323 g/mol. The zero-order chi connectivity index (χ0) is 17.1. The van der Waals surface area contributed by atoms with E-state index >= 15 is 0 Å². The number of carbonyl (C=O) groups is 2. The summed E-state index contributed by atoms with van der Waals surface area (Å²) in [5.74, 6) is -4.21. The van der Waals surface area contributed by atoms with Crippen LogP contribution in [0.2, 0.25) is 0 Å². The Labute approximate surface area is 130 Å². The lowest BCUT2D eigenvalue weighted by Crippen LogP contribution is -2.32. The van der Waals surface area contributed by atoms with Gasteiger partial charge in [0.2, 0.25) is 5.76 Å². The predicted octanol–water partition coefficient (Wildman–Crippen LogP) is 3.38. The molecule has 5 nitrogen and oxygen atoms in total. The fourth-order valence-corrected chi connectivity index (χ4v) is 2.14. The number of carboxylic acids is 1. The number of hydrogen-bond donors (Lipinski definition) is 2. The highest BCUT2D eigenvalue weighted by molar-refractivity contribution is 5.93. The van der Waals surface area contributed by atoms with Crippen molar-refractivity contribution in [2.45, 2.75) is 19.9 Å². The summed E-state index contributed by atoms with van der Waals surface area (Å²) in [6.07, 6.45) is 0. The third kappa shape index (κ3) is 3.74. The van der Waals surface area contributed by atoms with Crippen LogP contribution in [0.5, 0.6) is 0 Å². The van der Waals surface area contributed by atoms with E-state index in [0.29, 0.717) is 0 Å². The van der Waals surface area contributed by atoms with E-state index < -0.39 is 29.6 Å². The summed E-state index contributed by atoms with van der Waals surface area (Å²) < 4.78 is 31.9. The molecule has 0 bridgehead atoms. The molecule has 0 saturated heterocycles. The van der Waals surface area contributed by atoms with E-state index in [0.717, 1.165) is 18.2 Å². The van der Waals surface area contributed by atoms with E-state index in [1.165, 1.54) is 12.1 Å². The Morgan fingerprint density at radius 3 is 2.30 bits per heavy atom. The molecule has 7 heteroatoms. The molecule has 1 aromatic heterocycles. The molecule has 1 atom stereocenters. The highest BCUT2D eigenvalue weighted by atomic mass is 19.1. The fourth-order valence-electron chi connectivity index (χ4n) is 2.14. The van der Waals surface area contributed by atoms with Gasteiger partial charge in [0.05, 0.1) is 6.04 Å². The van der Waals surface area contributed by atoms with Crippen LogP contribution in [-0.2, 0) is 0 Å². The number of rotatable bonds is 5. The van der Waals surface area contributed by atoms with Crippen molar-refractivity contribution in [1.29, 1.82) is 0 Å². The smallest absolute Gasteiger partial charge is 0.371 e. The van der Waals surface area contributed by atoms with Gasteiger partial charge in [0, 0.05) is 11.6 Å². The number of carbonyl (C=O) groups excluding carboxylic acids is 1. The van der Waals surface area contributed by atoms with Gasteiger partial charge in [-0.15, -0.1) is 0 Å². The molecule has 0 spiro atoms. The maximum Gasteiger partial charge on any atom is 0.371 e. The molecule has 2 aromatic rings. The lowest BCUT2D eigenvalue weighted by atomic mass is 9.95. The molecule has 122 valence electrons. The third-order valence-electron chi connectivity index (χ3n) is 3.29. The number of halogens is 2. The van der Waals surface area contributed by atoms with Crippen molar-refractivity contribution in [3.63, 3.8) is 0 Å². The van der Waals surface area contributed by atoms with Crippen molar-refractivity contribution < 1.29 is 27.9 Å². The van der Waals surface area contributed by atoms with E-state index in [4.69, 9.17) is 9.52 Å². The van der Waals surface area contributed by atoms with E-state index in [1.807, 2.05) is 0 Å². The normalized spacial score (nSPS) is 12.2. The lowest BCUT2D eigenvalue weighted by molar-refractivity contribution is 0.0659. The molecule has 1 aromatic carbocycles. The van der Waals surface area contributed by atoms with Crippen LogP contribution in [0.4, 0.5) is 8.78 Å². The lowest BCUT2D eigenvalue weighted by Gasteiger charge is -2.23. The summed E-state index contributed by atoms with van der Waals surface area (Å²) in [6, 6.07) is 4.76. The van der Waals surface area contributed by atoms with Gasteiger partial charge < -0.3 is 14.8 Å². The monoisotopic (exact) mass is 323 g/mol. The molecule has 1 amide bonds. The highest BCUT2D eigenvalue weighted by Crippen LogP contribution is 2.25. The maximum atomic E-state index is 13.9. The van der Waals surface area contributed by atoms with Crippen LogP contribution in [0.15, 0.2) is 34.7 Å². The molecule has 2 N–H and O–H groups in total. The van der Waals surface area contributed by atoms with Gasteiger partial charge in [-0.1, -0.05) is 19.9 Å². The second-order valence-corrected chi connectivity index (χ2v) is 5.33. The van der Waals surface area contributed by atoms with E-state index in [1.54, 1.807) is 13.8 Å². The summed E-state index contributed by atoms with van der Waals surface area (Å²) in [5.41, 5.74) is 0.139. The first-order valence-electron chi connectivity index (χ1n) is 6.88. The quantitative estimate of drug-likeness (QED) is 0.884. The van der Waals surface area contributed by atoms with Crippen LogP contribution >= 0.6 is 0 Å². The van der Waals surface area contributed by atoms with Gasteiger partial charge in [0.1, 0.15) is 11.6 Å². The summed E-state index contributed by atoms with van der Waals surface area (Å²) in [6.45, 7) is 3.52. The van der Waals surface area contributed by atoms with E-state index in [2.05, 4.69) is 5.32 Å². The summed E-state index contributed by atoms with van der Waals surface area (Å²) in [4.78, 5) is 22.9. The molecule has 1 heterocycles. The Balaban J connectivity index is 2.25. The number of furan rings is 1. The van der Waals surface area contributed by atoms with Gasteiger partial charge in [-0.2, -0.15) is 0 Å². The van der Waals surface area contributed by atoms with Gasteiger partial charge >= 0.3 is 5.97 Å². The Kier molecular flexibility index (Phi) is 4.78. The summed E-state index contributed by atoms with van der Waals surface area (Å²) in [5, 5.41) is 11.4. The van der Waals surface area contributed by atoms with Crippen molar-refractivity contribution in [2.75, 3.05) is 0 Å². The van der Waals surface area contributed by atoms with Gasteiger partial charge in [-0.25, -0.2) is 13.6 Å². The molecule has 0 aliphatic rings. The second-order valence-electron chi connectivity index (χ2n) is 5.33. The Morgan fingerprint density at radius 2 is 1.78 bits per heavy atom. The van der Waals surface area contributed by atoms with Crippen LogP contribution in [0, 0.1) is 17.6 Å². The van der Waals surface area contributed by atoms with Gasteiger partial charge in [0.15, 0.2) is 5.76 Å². The zero-order valence-electron chi connectivity index (χ0n) is 12.5. The van der Waals surface area contributed by atoms with Crippen molar-refractivity contribution >= 4 is 11.9 Å². The summed E-state index contributed by atoms with van der Waals surface area (Å²) in [7, 11) is 0. The zero-order valence-corrected chi connectivity index (χ0v) is 12.5. The van der Waals surface area contributed by atoms with Crippen molar-refractivity contribution in [1.82, 2.24) is 5.32 Å². The fraction of sp³-hybridized carbons (Fsp3) is 0.250. The SMILES string of the molecule is CC(C)C(NC(=O)c1ccc(C(=O)O)o1)c1ccc(F)cc1F. The number of amides is 1. The van der Waals surface area contributed by atoms with E-state index in [9.17, 15) is 18.4 Å². The van der Waals surface area contributed by atoms with Crippen molar-refractivity contribution in [2.24, 2.45) is 5.92 Å². The average Bonchev–Trinajstić information content (AvgIpc) is 2.95. The standard InChI is InChI=1S/C16H15F2NO4/c1-8(2)14(10-4-3-9(17)7-11(10)18)19-15(20)12-5-6-13(23-12)16(21)22/h3-8,14H,1-2H3,(H,19,20)(H,21,22). The van der Waals surface area contributed by atoms with Crippen molar-refractivity contribution in [3.8, 4) is 0 Å². The number of hydrogen-bond acceptors (Lipinski definition) is 3. The second kappa shape index (κ2) is 6.60. The van der Waals surface area contributed by atoms with Crippen LogP contribution in [-0.4, -0.2) is 17.0 Å². The third-order valence-corrected chi connectivity index (χ3v) is 3.29. The topological polar surface area (TPSA) is 79.5 Å². The minimum atomic E-state index is -1.30. The van der Waals surface area contributed by atoms with Gasteiger partial charge in [0.25, 0.3) is 5.91 Å². The molecule has 0 aliphatic carbocycles. The number of carboxylic acid groups (broad SMARTS) is 1. The van der Waals surface area contributed by atoms with Gasteiger partial charge in [-0.05, 0) is 24.1 Å². The molecular formula is C16H15F2NO4. The van der Waals surface area contributed by atoms with Gasteiger partial charge in [-0.3, -0.25) is 4.79 Å². The number of benzene rings is 1. The van der Waals surface area contributed by atoms with Crippen LogP contribution in [0.1, 0.15) is 46.6 Å². The van der Waals surface area contributed by atoms with Crippen LogP contribution in [0.3, 0.4) is 0 Å². The molecule has 2 rings (SSSR count). The van der Waals surface area contributed by atoms with E-state index in [-0.39, 0.29) is 23.0 Å². The molecular weight excluding hydrogens is 308 g/mol. The number of aromatic carboxylic acids is 1. The largest absolute Gasteiger partial charge is 0.475 e. The Morgan fingerprint density at radius 1 is 1.13 bits per heavy atom. The highest BCUT2D eigenvalue weighted by Gasteiger charge is 2.24. The maximum absolute atomic E-state index is 13.9. The number of nitrogens with one attached hydrogen (secondary N) is 1. The minimum Gasteiger partial charge on any atom is -0.475 e. The molecule has 0 saturated carbocycles. The van der Waals surface area contributed by atoms with Crippen LogP contribution in [0.25, 0.3) is 0 Å². The summed E-state index contributed by atoms with van der Waals surface area (Å²) >= 11 is 0. The Bertz CT molecular complexity index is 739. The van der Waals surface area contributed by atoms with Crippen LogP contribution < -0.4 is 5.32 Å². The molecule has 1 unspecified atom stereocenters. The van der Waals surface area contributed by atoms with Crippen molar-refractivity contribution in [3.05, 3.63) is 59.1 Å².